The number of aromatic nitrogens is 3. The van der Waals surface area contributed by atoms with Gasteiger partial charge in [0, 0.05) is 19.2 Å². The second-order valence-corrected chi connectivity index (χ2v) is 6.24. The maximum Gasteiger partial charge on any atom is 0.251 e. The highest BCUT2D eigenvalue weighted by Crippen LogP contribution is 2.26. The van der Waals surface area contributed by atoms with Crippen LogP contribution in [0.25, 0.3) is 11.0 Å². The van der Waals surface area contributed by atoms with Crippen LogP contribution >= 0.6 is 0 Å². The van der Waals surface area contributed by atoms with E-state index in [0.717, 1.165) is 31.2 Å². The smallest absolute Gasteiger partial charge is 0.251 e. The van der Waals surface area contributed by atoms with E-state index in [2.05, 4.69) is 15.6 Å². The number of aryl methyl sites for hydroxylation is 1. The van der Waals surface area contributed by atoms with Gasteiger partial charge in [0.25, 0.3) is 5.91 Å². The van der Waals surface area contributed by atoms with Gasteiger partial charge in [0.1, 0.15) is 5.52 Å². The Morgan fingerprint density at radius 1 is 1.32 bits per heavy atom. The first kappa shape index (κ1) is 15.0. The maximum atomic E-state index is 12.3. The van der Waals surface area contributed by atoms with Crippen LogP contribution < -0.4 is 5.32 Å². The molecule has 6 nitrogen and oxygen atoms in total. The van der Waals surface area contributed by atoms with Crippen molar-refractivity contribution in [1.82, 2.24) is 20.3 Å². The molecular weight excluding hydrogens is 280 g/mol. The van der Waals surface area contributed by atoms with Crippen LogP contribution in [0.5, 0.6) is 0 Å². The van der Waals surface area contributed by atoms with Gasteiger partial charge in [0.15, 0.2) is 0 Å². The summed E-state index contributed by atoms with van der Waals surface area (Å²) < 4.78 is 1.67. The zero-order chi connectivity index (χ0) is 15.6. The predicted octanol–water partition coefficient (Wildman–Crippen LogP) is 1.78. The fourth-order valence-corrected chi connectivity index (χ4v) is 3.09. The second-order valence-electron chi connectivity index (χ2n) is 6.24. The molecule has 3 rings (SSSR count). The quantitative estimate of drug-likeness (QED) is 0.847. The van der Waals surface area contributed by atoms with Crippen LogP contribution in [0, 0.1) is 0 Å². The minimum atomic E-state index is -0.761. The third-order valence-electron chi connectivity index (χ3n) is 4.49. The van der Waals surface area contributed by atoms with Gasteiger partial charge < -0.3 is 10.4 Å². The Bertz CT molecular complexity index is 672. The van der Waals surface area contributed by atoms with E-state index in [0.29, 0.717) is 17.6 Å². The van der Waals surface area contributed by atoms with Gasteiger partial charge in [-0.25, -0.2) is 4.68 Å². The minimum absolute atomic E-state index is 0.176. The number of nitrogens with one attached hydrogen (secondary N) is 1. The summed E-state index contributed by atoms with van der Waals surface area (Å²) in [5.41, 5.74) is 1.37. The van der Waals surface area contributed by atoms with Gasteiger partial charge in [-0.1, -0.05) is 30.9 Å². The van der Waals surface area contributed by atoms with Gasteiger partial charge in [-0.2, -0.15) is 0 Å². The molecule has 0 atom stereocenters. The van der Waals surface area contributed by atoms with Crippen molar-refractivity contribution < 1.29 is 9.90 Å². The fraction of sp³-hybridized carbons (Fsp3) is 0.562. The Kier molecular flexibility index (Phi) is 4.11. The number of fused-ring (bicyclic) bond motifs is 1. The SMILES string of the molecule is Cn1nnc2cc(C(=O)NCC3(O)CCCCCC3)ccc21. The molecule has 22 heavy (non-hydrogen) atoms. The van der Waals surface area contributed by atoms with Crippen molar-refractivity contribution in [2.45, 2.75) is 44.1 Å². The summed E-state index contributed by atoms with van der Waals surface area (Å²) in [7, 11) is 1.82. The Morgan fingerprint density at radius 3 is 2.77 bits per heavy atom. The number of hydrogen-bond donors (Lipinski definition) is 2. The minimum Gasteiger partial charge on any atom is -0.388 e. The average molecular weight is 302 g/mol. The number of benzene rings is 1. The van der Waals surface area contributed by atoms with Crippen LogP contribution in [0.2, 0.25) is 0 Å². The van der Waals surface area contributed by atoms with Crippen LogP contribution in [0.15, 0.2) is 18.2 Å². The van der Waals surface area contributed by atoms with Crippen molar-refractivity contribution >= 4 is 16.9 Å². The molecule has 0 radical (unpaired) electrons. The number of nitrogens with zero attached hydrogens (tertiary/aromatic N) is 3. The van der Waals surface area contributed by atoms with E-state index in [1.54, 1.807) is 16.8 Å². The van der Waals surface area contributed by atoms with Crippen molar-refractivity contribution in [3.8, 4) is 0 Å². The molecule has 1 heterocycles. The van der Waals surface area contributed by atoms with Gasteiger partial charge in [0.2, 0.25) is 0 Å². The number of rotatable bonds is 3. The van der Waals surface area contributed by atoms with Gasteiger partial charge in [-0.15, -0.1) is 5.10 Å². The largest absolute Gasteiger partial charge is 0.388 e. The third-order valence-corrected chi connectivity index (χ3v) is 4.49. The summed E-state index contributed by atoms with van der Waals surface area (Å²) in [5.74, 6) is -0.176. The molecule has 1 fully saturated rings. The van der Waals surface area contributed by atoms with E-state index in [1.165, 1.54) is 12.8 Å². The molecule has 0 spiro atoms. The molecule has 118 valence electrons. The molecule has 0 saturated heterocycles. The third kappa shape index (κ3) is 3.11. The first-order valence-electron chi connectivity index (χ1n) is 7.87. The monoisotopic (exact) mass is 302 g/mol. The Labute approximate surface area is 129 Å². The maximum absolute atomic E-state index is 12.3. The number of aliphatic hydroxyl groups is 1. The van der Waals surface area contributed by atoms with Crippen LogP contribution in [0.4, 0.5) is 0 Å². The Morgan fingerprint density at radius 2 is 2.05 bits per heavy atom. The first-order valence-corrected chi connectivity index (χ1v) is 7.87. The summed E-state index contributed by atoms with van der Waals surface area (Å²) in [6, 6.07) is 5.33. The molecule has 1 aromatic heterocycles. The summed E-state index contributed by atoms with van der Waals surface area (Å²) in [5, 5.41) is 21.4. The number of carbonyl (C=O) groups excluding carboxylic acids is 1. The Hall–Kier alpha value is -1.95. The molecule has 6 heteroatoms. The molecule has 0 unspecified atom stereocenters. The van der Waals surface area contributed by atoms with Gasteiger partial charge in [-0.05, 0) is 31.0 Å². The zero-order valence-corrected chi connectivity index (χ0v) is 12.9. The zero-order valence-electron chi connectivity index (χ0n) is 12.9. The molecule has 1 amide bonds. The van der Waals surface area contributed by atoms with E-state index in [1.807, 2.05) is 13.1 Å². The molecule has 2 N–H and O–H groups in total. The van der Waals surface area contributed by atoms with E-state index in [-0.39, 0.29) is 5.91 Å². The van der Waals surface area contributed by atoms with Crippen LogP contribution in [-0.4, -0.2) is 38.2 Å². The predicted molar refractivity (Wildman–Crippen MR) is 83.5 cm³/mol. The standard InChI is InChI=1S/C16H22N4O2/c1-20-14-7-6-12(10-13(14)18-19-20)15(21)17-11-16(22)8-4-2-3-5-9-16/h6-7,10,22H,2-5,8-9,11H2,1H3,(H,17,21). The van der Waals surface area contributed by atoms with Crippen LogP contribution in [0.1, 0.15) is 48.9 Å². The van der Waals surface area contributed by atoms with Gasteiger partial charge >= 0.3 is 0 Å². The van der Waals surface area contributed by atoms with Gasteiger partial charge in [-0.3, -0.25) is 4.79 Å². The molecule has 0 aliphatic heterocycles. The van der Waals surface area contributed by atoms with Crippen LogP contribution in [-0.2, 0) is 7.05 Å². The molecule has 1 aliphatic carbocycles. The van der Waals surface area contributed by atoms with Crippen molar-refractivity contribution in [1.29, 1.82) is 0 Å². The summed E-state index contributed by atoms with van der Waals surface area (Å²) in [6.45, 7) is 0.310. The average Bonchev–Trinajstić information content (AvgIpc) is 2.75. The van der Waals surface area contributed by atoms with E-state index in [4.69, 9.17) is 0 Å². The number of hydrogen-bond acceptors (Lipinski definition) is 4. The topological polar surface area (TPSA) is 80.0 Å². The lowest BCUT2D eigenvalue weighted by atomic mass is 9.94. The first-order chi connectivity index (χ1) is 10.6. The summed E-state index contributed by atoms with van der Waals surface area (Å²) in [6.07, 6.45) is 5.90. The highest BCUT2D eigenvalue weighted by molar-refractivity contribution is 5.97. The lowest BCUT2D eigenvalue weighted by molar-refractivity contribution is 0.0246. The fourth-order valence-electron chi connectivity index (χ4n) is 3.09. The summed E-state index contributed by atoms with van der Waals surface area (Å²) >= 11 is 0. The molecule has 2 aromatic rings. The molecule has 1 aromatic carbocycles. The van der Waals surface area contributed by atoms with E-state index in [9.17, 15) is 9.90 Å². The van der Waals surface area contributed by atoms with E-state index >= 15 is 0 Å². The van der Waals surface area contributed by atoms with Gasteiger partial charge in [0.05, 0.1) is 11.1 Å². The van der Waals surface area contributed by atoms with Crippen molar-refractivity contribution in [3.63, 3.8) is 0 Å². The lowest BCUT2D eigenvalue weighted by Crippen LogP contribution is -2.42. The van der Waals surface area contributed by atoms with E-state index < -0.39 is 5.60 Å². The lowest BCUT2D eigenvalue weighted by Gasteiger charge is -2.26. The number of amides is 1. The van der Waals surface area contributed by atoms with Crippen LogP contribution in [0.3, 0.4) is 0 Å². The highest BCUT2D eigenvalue weighted by Gasteiger charge is 2.28. The molecular formula is C16H22N4O2. The van der Waals surface area contributed by atoms with Crippen molar-refractivity contribution in [3.05, 3.63) is 23.8 Å². The molecule has 1 saturated carbocycles. The van der Waals surface area contributed by atoms with Crippen molar-refractivity contribution in [2.24, 2.45) is 7.05 Å². The highest BCUT2D eigenvalue weighted by atomic mass is 16.3. The normalized spacial score (nSPS) is 18.1. The number of carbonyl (C=O) groups is 1. The second kappa shape index (κ2) is 6.04. The van der Waals surface area contributed by atoms with Crippen molar-refractivity contribution in [2.75, 3.05) is 6.54 Å². The molecule has 1 aliphatic rings. The molecule has 0 bridgehead atoms. The Balaban J connectivity index is 1.67. The summed E-state index contributed by atoms with van der Waals surface area (Å²) in [4.78, 5) is 12.3.